The lowest BCUT2D eigenvalue weighted by Crippen LogP contribution is -2.47. The van der Waals surface area contributed by atoms with Crippen molar-refractivity contribution >= 4 is 11.3 Å². The first-order valence-electron chi connectivity index (χ1n) is 9.12. The van der Waals surface area contributed by atoms with Crippen LogP contribution in [0.15, 0.2) is 17.5 Å². The normalized spacial score (nSPS) is 36.9. The third-order valence-corrected chi connectivity index (χ3v) is 7.90. The van der Waals surface area contributed by atoms with Crippen LogP contribution in [0.25, 0.3) is 0 Å². The van der Waals surface area contributed by atoms with Gasteiger partial charge in [-0.15, -0.1) is 11.3 Å². The summed E-state index contributed by atoms with van der Waals surface area (Å²) < 4.78 is 0. The Labute approximate surface area is 144 Å². The molecule has 3 nitrogen and oxygen atoms in total. The zero-order valence-corrected chi connectivity index (χ0v) is 15.4. The summed E-state index contributed by atoms with van der Waals surface area (Å²) in [4.78, 5) is 6.55. The van der Waals surface area contributed by atoms with Crippen molar-refractivity contribution in [3.63, 3.8) is 0 Å². The van der Waals surface area contributed by atoms with Gasteiger partial charge in [0.1, 0.15) is 0 Å². The van der Waals surface area contributed by atoms with E-state index >= 15 is 0 Å². The molecule has 2 aliphatic carbocycles. The minimum Gasteiger partial charge on any atom is -0.389 e. The molecule has 23 heavy (non-hydrogen) atoms. The molecule has 1 saturated heterocycles. The van der Waals surface area contributed by atoms with Crippen LogP contribution in [0, 0.1) is 5.41 Å². The van der Waals surface area contributed by atoms with Crippen LogP contribution in [0.1, 0.15) is 49.8 Å². The molecule has 3 fully saturated rings. The monoisotopic (exact) mass is 334 g/mol. The van der Waals surface area contributed by atoms with Crippen molar-refractivity contribution in [3.8, 4) is 0 Å². The van der Waals surface area contributed by atoms with Gasteiger partial charge in [-0.1, -0.05) is 6.07 Å². The maximum Gasteiger partial charge on any atom is 0.0776 e. The number of hydrogen-bond donors (Lipinski definition) is 1. The highest BCUT2D eigenvalue weighted by Gasteiger charge is 2.50. The van der Waals surface area contributed by atoms with Crippen molar-refractivity contribution in [1.29, 1.82) is 0 Å². The summed E-state index contributed by atoms with van der Waals surface area (Å²) in [6.45, 7) is 3.32. The first kappa shape index (κ1) is 16.1. The van der Waals surface area contributed by atoms with E-state index in [9.17, 15) is 5.11 Å². The van der Waals surface area contributed by atoms with Gasteiger partial charge >= 0.3 is 0 Å². The van der Waals surface area contributed by atoms with Crippen molar-refractivity contribution < 1.29 is 5.11 Å². The Hall–Kier alpha value is -0.420. The van der Waals surface area contributed by atoms with E-state index in [1.54, 1.807) is 4.88 Å². The number of likely N-dealkylation sites (tertiary alicyclic amines) is 1. The molecule has 0 atom stereocenters. The van der Waals surface area contributed by atoms with Crippen molar-refractivity contribution in [2.45, 2.75) is 56.1 Å². The van der Waals surface area contributed by atoms with Crippen LogP contribution in [-0.4, -0.2) is 54.2 Å². The molecule has 0 aromatic carbocycles. The Bertz CT molecular complexity index is 542. The second-order valence-corrected chi connectivity index (χ2v) is 9.54. The second kappa shape index (κ2) is 5.55. The second-order valence-electron chi connectivity index (χ2n) is 8.59. The van der Waals surface area contributed by atoms with E-state index < -0.39 is 0 Å². The molecular weight excluding hydrogens is 304 g/mol. The number of nitrogens with zero attached hydrogens (tertiary/aromatic N) is 2. The van der Waals surface area contributed by atoms with Gasteiger partial charge < -0.3 is 5.11 Å². The lowest BCUT2D eigenvalue weighted by atomic mass is 9.66. The highest BCUT2D eigenvalue weighted by atomic mass is 32.1. The van der Waals surface area contributed by atoms with Gasteiger partial charge in [0.25, 0.3) is 0 Å². The fourth-order valence-corrected chi connectivity index (χ4v) is 6.01. The molecule has 1 spiro atoms. The molecule has 4 heteroatoms. The largest absolute Gasteiger partial charge is 0.389 e. The average Bonchev–Trinajstić information content (AvgIpc) is 2.96. The van der Waals surface area contributed by atoms with E-state index in [0.717, 1.165) is 19.4 Å². The number of thiophene rings is 1. The number of hydrogen-bond acceptors (Lipinski definition) is 4. The van der Waals surface area contributed by atoms with Gasteiger partial charge in [0, 0.05) is 18.0 Å². The molecule has 4 rings (SSSR count). The highest BCUT2D eigenvalue weighted by Crippen LogP contribution is 2.53. The molecular formula is C19H30N2OS. The van der Waals surface area contributed by atoms with Crippen LogP contribution in [0.2, 0.25) is 0 Å². The Kier molecular flexibility index (Phi) is 3.88. The molecule has 2 saturated carbocycles. The van der Waals surface area contributed by atoms with Gasteiger partial charge in [-0.3, -0.25) is 9.80 Å². The SMILES string of the molecule is CN(C)C1(c2cccs2)CCC2(CCN(CC3(O)CC3)C2)CC1. The van der Waals surface area contributed by atoms with E-state index in [1.165, 1.54) is 45.2 Å². The zero-order valence-electron chi connectivity index (χ0n) is 14.6. The summed E-state index contributed by atoms with van der Waals surface area (Å²) in [6, 6.07) is 4.52. The van der Waals surface area contributed by atoms with Crippen molar-refractivity contribution in [2.75, 3.05) is 33.7 Å². The van der Waals surface area contributed by atoms with E-state index in [0.29, 0.717) is 5.41 Å². The molecule has 1 N–H and O–H groups in total. The van der Waals surface area contributed by atoms with Crippen molar-refractivity contribution in [1.82, 2.24) is 9.80 Å². The molecule has 1 aliphatic heterocycles. The van der Waals surface area contributed by atoms with E-state index in [2.05, 4.69) is 41.4 Å². The van der Waals surface area contributed by atoms with Gasteiger partial charge in [-0.2, -0.15) is 0 Å². The lowest BCUT2D eigenvalue weighted by Gasteiger charge is -2.48. The van der Waals surface area contributed by atoms with Crippen LogP contribution >= 0.6 is 11.3 Å². The van der Waals surface area contributed by atoms with Gasteiger partial charge in [0.05, 0.1) is 11.1 Å². The van der Waals surface area contributed by atoms with E-state index in [4.69, 9.17) is 0 Å². The molecule has 0 amide bonds. The van der Waals surface area contributed by atoms with Crippen LogP contribution < -0.4 is 0 Å². The first-order valence-corrected chi connectivity index (χ1v) is 10.00. The summed E-state index contributed by atoms with van der Waals surface area (Å²) in [6.07, 6.45) is 8.57. The fraction of sp³-hybridized carbons (Fsp3) is 0.789. The highest BCUT2D eigenvalue weighted by molar-refractivity contribution is 7.10. The van der Waals surface area contributed by atoms with Crippen LogP contribution in [0.3, 0.4) is 0 Å². The summed E-state index contributed by atoms with van der Waals surface area (Å²) in [5.74, 6) is 0. The quantitative estimate of drug-likeness (QED) is 0.915. The summed E-state index contributed by atoms with van der Waals surface area (Å²) >= 11 is 1.92. The smallest absolute Gasteiger partial charge is 0.0776 e. The van der Waals surface area contributed by atoms with Crippen molar-refractivity contribution in [2.24, 2.45) is 5.41 Å². The minimum atomic E-state index is -0.329. The molecule has 0 radical (unpaired) electrons. The van der Waals surface area contributed by atoms with E-state index in [1.807, 2.05) is 11.3 Å². The fourth-order valence-electron chi connectivity index (χ4n) is 4.94. The Morgan fingerprint density at radius 3 is 2.43 bits per heavy atom. The van der Waals surface area contributed by atoms with E-state index in [-0.39, 0.29) is 11.1 Å². The van der Waals surface area contributed by atoms with Gasteiger partial charge in [-0.05, 0) is 82.4 Å². The number of rotatable bonds is 4. The standard InChI is InChI=1S/C19H30N2OS/c1-20(2)19(16-4-3-13-23-16)9-5-17(6-10-19)11-12-21(14-17)15-18(22)7-8-18/h3-4,13,22H,5-12,14-15H2,1-2H3. The molecule has 2 heterocycles. The zero-order chi connectivity index (χ0) is 16.1. The third kappa shape index (κ3) is 2.88. The predicted octanol–water partition coefficient (Wildman–Crippen LogP) is 3.30. The Morgan fingerprint density at radius 1 is 1.13 bits per heavy atom. The third-order valence-electron chi connectivity index (χ3n) is 6.84. The Balaban J connectivity index is 1.44. The molecule has 3 aliphatic rings. The van der Waals surface area contributed by atoms with Crippen LogP contribution in [-0.2, 0) is 5.54 Å². The lowest BCUT2D eigenvalue weighted by molar-refractivity contribution is 0.0359. The van der Waals surface area contributed by atoms with Gasteiger partial charge in [-0.25, -0.2) is 0 Å². The van der Waals surface area contributed by atoms with Gasteiger partial charge in [0.15, 0.2) is 0 Å². The molecule has 1 aromatic heterocycles. The van der Waals surface area contributed by atoms with Crippen LogP contribution in [0.4, 0.5) is 0 Å². The Morgan fingerprint density at radius 2 is 1.87 bits per heavy atom. The predicted molar refractivity (Wildman–Crippen MR) is 95.8 cm³/mol. The average molecular weight is 335 g/mol. The molecule has 0 bridgehead atoms. The van der Waals surface area contributed by atoms with Crippen LogP contribution in [0.5, 0.6) is 0 Å². The minimum absolute atomic E-state index is 0.252. The summed E-state index contributed by atoms with van der Waals surface area (Å²) in [5.41, 5.74) is 0.439. The molecule has 1 aromatic rings. The molecule has 0 unspecified atom stereocenters. The number of aliphatic hydroxyl groups is 1. The summed E-state index contributed by atoms with van der Waals surface area (Å²) in [7, 11) is 4.50. The first-order chi connectivity index (χ1) is 11.0. The molecule has 128 valence electrons. The maximum atomic E-state index is 10.2. The maximum absolute atomic E-state index is 10.2. The van der Waals surface area contributed by atoms with Gasteiger partial charge in [0.2, 0.25) is 0 Å². The van der Waals surface area contributed by atoms with Crippen molar-refractivity contribution in [3.05, 3.63) is 22.4 Å². The topological polar surface area (TPSA) is 26.7 Å². The number of β-amino-alcohol motifs (C(OH)–C–C–N with tert-alkyl or cyclic N) is 1. The summed E-state index contributed by atoms with van der Waals surface area (Å²) in [5, 5.41) is 12.4.